The minimum Gasteiger partial charge on any atom is -0.441 e. The zero-order valence-corrected chi connectivity index (χ0v) is 19.1. The van der Waals surface area contributed by atoms with Gasteiger partial charge in [-0.1, -0.05) is 96.2 Å². The molecule has 0 aromatic heterocycles. The number of benzene rings is 3. The molecule has 0 radical (unpaired) electrons. The summed E-state index contributed by atoms with van der Waals surface area (Å²) in [6, 6.07) is 28.6. The molecule has 6 heteroatoms. The van der Waals surface area contributed by atoms with E-state index in [1.165, 1.54) is 4.90 Å². The van der Waals surface area contributed by atoms with Crippen LogP contribution in [0.2, 0.25) is 0 Å². The van der Waals surface area contributed by atoms with Gasteiger partial charge in [0.05, 0.1) is 17.7 Å². The van der Waals surface area contributed by atoms with Crippen LogP contribution in [-0.2, 0) is 20.8 Å². The number of amides is 2. The highest BCUT2D eigenvalue weighted by molar-refractivity contribution is 6.10. The van der Waals surface area contributed by atoms with Crippen LogP contribution in [0.5, 0.6) is 0 Å². The number of oxime groups is 1. The molecule has 172 valence electrons. The van der Waals surface area contributed by atoms with Gasteiger partial charge in [-0.15, -0.1) is 0 Å². The Morgan fingerprint density at radius 3 is 2.15 bits per heavy atom. The maximum atomic E-state index is 13.9. The molecule has 34 heavy (non-hydrogen) atoms. The fourth-order valence-electron chi connectivity index (χ4n) is 4.73. The monoisotopic (exact) mass is 454 g/mol. The summed E-state index contributed by atoms with van der Waals surface area (Å²) < 4.78 is 5.65. The molecule has 2 heterocycles. The number of ether oxygens (including phenoxy) is 1. The maximum Gasteiger partial charge on any atom is 0.417 e. The first-order chi connectivity index (χ1) is 16.5. The fourth-order valence-corrected chi connectivity index (χ4v) is 4.73. The minimum absolute atomic E-state index is 0.444. The summed E-state index contributed by atoms with van der Waals surface area (Å²) in [6.07, 6.45) is -1.14. The Kier molecular flexibility index (Phi) is 5.65. The molecule has 2 amide bonds. The van der Waals surface area contributed by atoms with Crippen molar-refractivity contribution in [2.45, 2.75) is 43.9 Å². The number of carbonyl (C=O) groups excluding carboxylic acids is 2. The van der Waals surface area contributed by atoms with E-state index < -0.39 is 35.7 Å². The number of hydrogen-bond donors (Lipinski definition) is 0. The normalized spacial score (nSPS) is 23.2. The molecule has 0 saturated carbocycles. The van der Waals surface area contributed by atoms with E-state index in [0.717, 1.165) is 16.7 Å². The largest absolute Gasteiger partial charge is 0.441 e. The van der Waals surface area contributed by atoms with Gasteiger partial charge in [0.25, 0.3) is 5.91 Å². The molecule has 1 fully saturated rings. The van der Waals surface area contributed by atoms with Crippen LogP contribution in [0.25, 0.3) is 0 Å². The third-order valence-corrected chi connectivity index (χ3v) is 6.50. The SMILES string of the molecule is CC1(C)OC(=O)N(C(=O)[C@@H]2ON=C(c3ccccc3)C2c2ccccc2)[C@H]1Cc1ccccc1. The van der Waals surface area contributed by atoms with E-state index in [9.17, 15) is 9.59 Å². The lowest BCUT2D eigenvalue weighted by molar-refractivity contribution is -0.141. The molecule has 3 aromatic carbocycles. The molecule has 5 rings (SSSR count). The molecule has 0 spiro atoms. The second-order valence-corrected chi connectivity index (χ2v) is 9.14. The van der Waals surface area contributed by atoms with E-state index in [0.29, 0.717) is 12.1 Å². The number of carbonyl (C=O) groups is 2. The molecule has 0 bridgehead atoms. The summed E-state index contributed by atoms with van der Waals surface area (Å²) in [5.74, 6) is -0.898. The van der Waals surface area contributed by atoms with E-state index in [-0.39, 0.29) is 0 Å². The Morgan fingerprint density at radius 1 is 0.912 bits per heavy atom. The van der Waals surface area contributed by atoms with E-state index in [1.54, 1.807) is 0 Å². The Labute approximate surface area is 198 Å². The predicted molar refractivity (Wildman–Crippen MR) is 128 cm³/mol. The molecule has 3 atom stereocenters. The van der Waals surface area contributed by atoms with Gasteiger partial charge in [-0.3, -0.25) is 4.79 Å². The summed E-state index contributed by atoms with van der Waals surface area (Å²) in [5, 5.41) is 4.33. The van der Waals surface area contributed by atoms with Gasteiger partial charge in [-0.25, -0.2) is 9.69 Å². The topological polar surface area (TPSA) is 68.2 Å². The molecule has 0 N–H and O–H groups in total. The lowest BCUT2D eigenvalue weighted by Gasteiger charge is -2.30. The second kappa shape index (κ2) is 8.78. The van der Waals surface area contributed by atoms with Gasteiger partial charge in [0.2, 0.25) is 6.10 Å². The Bertz CT molecular complexity index is 1210. The third kappa shape index (κ3) is 3.96. The molecular formula is C28H26N2O4. The standard InChI is InChI=1S/C28H26N2O4/c1-28(2)22(18-19-12-6-3-7-13-19)30(27(32)33-28)26(31)25-23(20-14-8-4-9-15-20)24(29-34-25)21-16-10-5-11-17-21/h3-17,22-23,25H,18H2,1-2H3/t22-,23?,25+/m0/s1. The number of rotatable bonds is 5. The minimum atomic E-state index is -0.975. The maximum absolute atomic E-state index is 13.9. The first-order valence-corrected chi connectivity index (χ1v) is 11.4. The van der Waals surface area contributed by atoms with Crippen molar-refractivity contribution >= 4 is 17.7 Å². The number of nitrogens with zero attached hydrogens (tertiary/aromatic N) is 2. The fraction of sp³-hybridized carbons (Fsp3) is 0.250. The Hall–Kier alpha value is -3.93. The molecule has 2 aliphatic rings. The third-order valence-electron chi connectivity index (χ3n) is 6.50. The molecule has 6 nitrogen and oxygen atoms in total. The Morgan fingerprint density at radius 2 is 1.50 bits per heavy atom. The first kappa shape index (κ1) is 21.9. The van der Waals surface area contributed by atoms with E-state index in [2.05, 4.69) is 5.16 Å². The highest BCUT2D eigenvalue weighted by Gasteiger charge is 2.54. The summed E-state index contributed by atoms with van der Waals surface area (Å²) >= 11 is 0. The van der Waals surface area contributed by atoms with Crippen molar-refractivity contribution in [3.8, 4) is 0 Å². The average molecular weight is 455 g/mol. The molecule has 0 aliphatic carbocycles. The van der Waals surface area contributed by atoms with Crippen LogP contribution in [-0.4, -0.2) is 40.4 Å². The van der Waals surface area contributed by atoms with Crippen LogP contribution in [0.4, 0.5) is 4.79 Å². The first-order valence-electron chi connectivity index (χ1n) is 11.4. The van der Waals surface area contributed by atoms with Crippen molar-refractivity contribution in [1.82, 2.24) is 4.90 Å². The summed E-state index contributed by atoms with van der Waals surface area (Å²) in [7, 11) is 0. The quantitative estimate of drug-likeness (QED) is 0.548. The van der Waals surface area contributed by atoms with Gasteiger partial charge < -0.3 is 9.57 Å². The van der Waals surface area contributed by atoms with Crippen LogP contribution >= 0.6 is 0 Å². The molecular weight excluding hydrogens is 428 g/mol. The van der Waals surface area contributed by atoms with Gasteiger partial charge in [0.1, 0.15) is 5.60 Å². The van der Waals surface area contributed by atoms with Crippen LogP contribution in [0.3, 0.4) is 0 Å². The zero-order chi connectivity index (χ0) is 23.7. The van der Waals surface area contributed by atoms with Crippen molar-refractivity contribution in [2.24, 2.45) is 5.16 Å². The predicted octanol–water partition coefficient (Wildman–Crippen LogP) is 4.94. The van der Waals surface area contributed by atoms with Crippen molar-refractivity contribution in [2.75, 3.05) is 0 Å². The number of imide groups is 1. The van der Waals surface area contributed by atoms with Crippen molar-refractivity contribution in [3.05, 3.63) is 108 Å². The zero-order valence-electron chi connectivity index (χ0n) is 19.1. The summed E-state index contributed by atoms with van der Waals surface area (Å²) in [5.41, 5.74) is 2.61. The smallest absolute Gasteiger partial charge is 0.417 e. The summed E-state index contributed by atoms with van der Waals surface area (Å²) in [4.78, 5) is 33.9. The van der Waals surface area contributed by atoms with E-state index >= 15 is 0 Å². The number of cyclic esters (lactones) is 1. The van der Waals surface area contributed by atoms with Crippen LogP contribution in [0.15, 0.2) is 96.2 Å². The lowest BCUT2D eigenvalue weighted by atomic mass is 9.85. The van der Waals surface area contributed by atoms with Gasteiger partial charge in [0, 0.05) is 5.56 Å². The highest BCUT2D eigenvalue weighted by atomic mass is 16.7. The Balaban J connectivity index is 1.50. The van der Waals surface area contributed by atoms with Crippen molar-refractivity contribution in [1.29, 1.82) is 0 Å². The molecule has 1 unspecified atom stereocenters. The average Bonchev–Trinajstić information content (AvgIpc) is 3.39. The van der Waals surface area contributed by atoms with Gasteiger partial charge >= 0.3 is 6.09 Å². The highest BCUT2D eigenvalue weighted by Crippen LogP contribution is 2.38. The molecule has 1 saturated heterocycles. The van der Waals surface area contributed by atoms with Crippen molar-refractivity contribution in [3.63, 3.8) is 0 Å². The summed E-state index contributed by atoms with van der Waals surface area (Å²) in [6.45, 7) is 3.67. The van der Waals surface area contributed by atoms with Crippen molar-refractivity contribution < 1.29 is 19.2 Å². The van der Waals surface area contributed by atoms with Gasteiger partial charge in [0.15, 0.2) is 0 Å². The number of hydrogen-bond acceptors (Lipinski definition) is 5. The van der Waals surface area contributed by atoms with Gasteiger partial charge in [-0.05, 0) is 31.4 Å². The molecule has 2 aliphatic heterocycles. The molecule has 3 aromatic rings. The van der Waals surface area contributed by atoms with Crippen LogP contribution < -0.4 is 0 Å². The second-order valence-electron chi connectivity index (χ2n) is 9.14. The van der Waals surface area contributed by atoms with Crippen LogP contribution in [0.1, 0.15) is 36.5 Å². The van der Waals surface area contributed by atoms with Gasteiger partial charge in [-0.2, -0.15) is 0 Å². The van der Waals surface area contributed by atoms with E-state index in [1.807, 2.05) is 105 Å². The lowest BCUT2D eigenvalue weighted by Crippen LogP contribution is -2.51. The van der Waals surface area contributed by atoms with Crippen LogP contribution in [0, 0.1) is 0 Å². The van der Waals surface area contributed by atoms with E-state index in [4.69, 9.17) is 9.57 Å².